The Morgan fingerprint density at radius 1 is 1.53 bits per heavy atom. The highest BCUT2D eigenvalue weighted by atomic mass is 19.4. The Balaban J connectivity index is 2.70. The largest absolute Gasteiger partial charge is 0.408 e. The SMILES string of the molecule is CCN(CCO)C1CC(=O)NC(C(F)(F)F)C1. The average Bonchev–Trinajstić information content (AvgIpc) is 2.23. The molecule has 1 fully saturated rings. The van der Waals surface area contributed by atoms with E-state index in [1.54, 1.807) is 11.8 Å². The first-order valence-electron chi connectivity index (χ1n) is 5.59. The Kier molecular flexibility index (Phi) is 4.76. The lowest BCUT2D eigenvalue weighted by Crippen LogP contribution is -2.56. The number of aliphatic hydroxyl groups is 1. The molecular formula is C10H17F3N2O2. The van der Waals surface area contributed by atoms with Gasteiger partial charge in [0.15, 0.2) is 0 Å². The van der Waals surface area contributed by atoms with E-state index in [1.807, 2.05) is 5.32 Å². The molecule has 0 radical (unpaired) electrons. The van der Waals surface area contributed by atoms with Crippen molar-refractivity contribution < 1.29 is 23.1 Å². The zero-order valence-corrected chi connectivity index (χ0v) is 9.63. The van der Waals surface area contributed by atoms with Crippen molar-refractivity contribution in [3.63, 3.8) is 0 Å². The number of halogens is 3. The van der Waals surface area contributed by atoms with Gasteiger partial charge in [0.1, 0.15) is 6.04 Å². The minimum Gasteiger partial charge on any atom is -0.395 e. The monoisotopic (exact) mass is 254 g/mol. The van der Waals surface area contributed by atoms with Crippen LogP contribution in [-0.4, -0.2) is 53.9 Å². The van der Waals surface area contributed by atoms with E-state index in [4.69, 9.17) is 5.11 Å². The summed E-state index contributed by atoms with van der Waals surface area (Å²) in [6, 6.07) is -2.23. The second kappa shape index (κ2) is 5.68. The fourth-order valence-electron chi connectivity index (χ4n) is 2.10. The lowest BCUT2D eigenvalue weighted by Gasteiger charge is -2.37. The van der Waals surface area contributed by atoms with Gasteiger partial charge in [0.2, 0.25) is 5.91 Å². The van der Waals surface area contributed by atoms with Gasteiger partial charge < -0.3 is 10.4 Å². The molecule has 1 heterocycles. The summed E-state index contributed by atoms with van der Waals surface area (Å²) in [4.78, 5) is 13.0. The topological polar surface area (TPSA) is 52.6 Å². The summed E-state index contributed by atoms with van der Waals surface area (Å²) in [5.74, 6) is -0.583. The molecule has 1 rings (SSSR count). The van der Waals surface area contributed by atoms with E-state index in [2.05, 4.69) is 0 Å². The van der Waals surface area contributed by atoms with Crippen LogP contribution in [0, 0.1) is 0 Å². The molecule has 0 aromatic rings. The number of alkyl halides is 3. The molecule has 1 amide bonds. The summed E-state index contributed by atoms with van der Waals surface area (Å²) in [6.07, 6.45) is -4.50. The van der Waals surface area contributed by atoms with Crippen molar-refractivity contribution in [2.45, 2.75) is 38.0 Å². The van der Waals surface area contributed by atoms with Crippen LogP contribution in [-0.2, 0) is 4.79 Å². The fraction of sp³-hybridized carbons (Fsp3) is 0.900. The van der Waals surface area contributed by atoms with Gasteiger partial charge in [-0.1, -0.05) is 6.92 Å². The number of carbonyl (C=O) groups excluding carboxylic acids is 1. The van der Waals surface area contributed by atoms with Gasteiger partial charge in [-0.25, -0.2) is 0 Å². The van der Waals surface area contributed by atoms with Gasteiger partial charge in [-0.05, 0) is 13.0 Å². The standard InChI is InChI=1S/C10H17F3N2O2/c1-2-15(3-4-16)7-5-8(10(11,12)13)14-9(17)6-7/h7-8,16H,2-6H2,1H3,(H,14,17). The lowest BCUT2D eigenvalue weighted by atomic mass is 9.97. The second-order valence-electron chi connectivity index (χ2n) is 4.11. The van der Waals surface area contributed by atoms with Gasteiger partial charge in [-0.15, -0.1) is 0 Å². The summed E-state index contributed by atoms with van der Waals surface area (Å²) >= 11 is 0. The summed E-state index contributed by atoms with van der Waals surface area (Å²) in [6.45, 7) is 2.48. The normalized spacial score (nSPS) is 26.1. The van der Waals surface area contributed by atoms with Crippen LogP contribution in [0.4, 0.5) is 13.2 Å². The highest BCUT2D eigenvalue weighted by Crippen LogP contribution is 2.28. The molecule has 7 heteroatoms. The van der Waals surface area contributed by atoms with E-state index >= 15 is 0 Å². The van der Waals surface area contributed by atoms with E-state index in [0.717, 1.165) is 0 Å². The van der Waals surface area contributed by atoms with Crippen LogP contribution in [0.25, 0.3) is 0 Å². The van der Waals surface area contributed by atoms with Gasteiger partial charge in [0.05, 0.1) is 6.61 Å². The Morgan fingerprint density at radius 3 is 2.65 bits per heavy atom. The molecule has 1 saturated heterocycles. The number of likely N-dealkylation sites (N-methyl/N-ethyl adjacent to an activating group) is 1. The number of nitrogens with one attached hydrogen (secondary N) is 1. The third-order valence-electron chi connectivity index (χ3n) is 2.97. The molecule has 1 aliphatic rings. The molecule has 0 aromatic heterocycles. The number of hydrogen-bond acceptors (Lipinski definition) is 3. The number of amides is 1. The smallest absolute Gasteiger partial charge is 0.395 e. The summed E-state index contributed by atoms with van der Waals surface area (Å²) < 4.78 is 37.7. The molecular weight excluding hydrogens is 237 g/mol. The maximum Gasteiger partial charge on any atom is 0.408 e. The quantitative estimate of drug-likeness (QED) is 0.768. The molecule has 0 bridgehead atoms. The van der Waals surface area contributed by atoms with Crippen LogP contribution >= 0.6 is 0 Å². The molecule has 2 unspecified atom stereocenters. The molecule has 0 saturated carbocycles. The predicted molar refractivity (Wildman–Crippen MR) is 55.3 cm³/mol. The highest BCUT2D eigenvalue weighted by molar-refractivity contribution is 5.78. The van der Waals surface area contributed by atoms with Gasteiger partial charge in [-0.3, -0.25) is 9.69 Å². The molecule has 2 N–H and O–H groups in total. The van der Waals surface area contributed by atoms with E-state index in [9.17, 15) is 18.0 Å². The van der Waals surface area contributed by atoms with Crippen LogP contribution in [0.15, 0.2) is 0 Å². The maximum absolute atomic E-state index is 12.6. The third kappa shape index (κ3) is 3.85. The van der Waals surface area contributed by atoms with Crippen molar-refractivity contribution in [3.8, 4) is 0 Å². The molecule has 100 valence electrons. The van der Waals surface area contributed by atoms with Gasteiger partial charge in [0, 0.05) is 19.0 Å². The Bertz CT molecular complexity index is 271. The van der Waals surface area contributed by atoms with Crippen LogP contribution in [0.2, 0.25) is 0 Å². The zero-order valence-electron chi connectivity index (χ0n) is 9.63. The third-order valence-corrected chi connectivity index (χ3v) is 2.97. The molecule has 1 aliphatic heterocycles. The predicted octanol–water partition coefficient (Wildman–Crippen LogP) is 0.510. The van der Waals surface area contributed by atoms with Gasteiger partial charge in [-0.2, -0.15) is 13.2 Å². The zero-order chi connectivity index (χ0) is 13.1. The number of rotatable bonds is 4. The van der Waals surface area contributed by atoms with Gasteiger partial charge in [0.25, 0.3) is 0 Å². The average molecular weight is 254 g/mol. The van der Waals surface area contributed by atoms with E-state index < -0.39 is 24.2 Å². The first-order valence-corrected chi connectivity index (χ1v) is 5.59. The van der Waals surface area contributed by atoms with Crippen molar-refractivity contribution >= 4 is 5.91 Å². The maximum atomic E-state index is 12.6. The molecule has 0 aromatic carbocycles. The minimum atomic E-state index is -4.41. The number of carbonyl (C=O) groups is 1. The highest BCUT2D eigenvalue weighted by Gasteiger charge is 2.45. The minimum absolute atomic E-state index is 0.0560. The fourth-order valence-corrected chi connectivity index (χ4v) is 2.10. The van der Waals surface area contributed by atoms with Crippen LogP contribution in [0.3, 0.4) is 0 Å². The molecule has 2 atom stereocenters. The summed E-state index contributed by atoms with van der Waals surface area (Å²) in [5.41, 5.74) is 0. The summed E-state index contributed by atoms with van der Waals surface area (Å²) in [5, 5.41) is 10.8. The van der Waals surface area contributed by atoms with Crippen molar-refractivity contribution in [2.75, 3.05) is 19.7 Å². The van der Waals surface area contributed by atoms with E-state index in [0.29, 0.717) is 13.1 Å². The second-order valence-corrected chi connectivity index (χ2v) is 4.11. The molecule has 4 nitrogen and oxygen atoms in total. The number of hydrogen-bond donors (Lipinski definition) is 2. The van der Waals surface area contributed by atoms with Crippen molar-refractivity contribution in [2.24, 2.45) is 0 Å². The first-order chi connectivity index (χ1) is 7.88. The number of aliphatic hydroxyl groups excluding tert-OH is 1. The van der Waals surface area contributed by atoms with Crippen molar-refractivity contribution in [1.82, 2.24) is 10.2 Å². The molecule has 17 heavy (non-hydrogen) atoms. The van der Waals surface area contributed by atoms with E-state index in [1.165, 1.54) is 0 Å². The van der Waals surface area contributed by atoms with Crippen LogP contribution < -0.4 is 5.32 Å². The Morgan fingerprint density at radius 2 is 2.18 bits per heavy atom. The number of nitrogens with zero attached hydrogens (tertiary/aromatic N) is 1. The van der Waals surface area contributed by atoms with Gasteiger partial charge >= 0.3 is 6.18 Å². The lowest BCUT2D eigenvalue weighted by molar-refractivity contribution is -0.171. The van der Waals surface area contributed by atoms with Crippen LogP contribution in [0.5, 0.6) is 0 Å². The molecule has 0 spiro atoms. The number of piperidine rings is 1. The first kappa shape index (κ1) is 14.2. The Labute approximate surface area is 97.8 Å². The van der Waals surface area contributed by atoms with E-state index in [-0.39, 0.29) is 19.4 Å². The van der Waals surface area contributed by atoms with Crippen molar-refractivity contribution in [1.29, 1.82) is 0 Å². The Hall–Kier alpha value is -0.820. The molecule has 0 aliphatic carbocycles. The van der Waals surface area contributed by atoms with Crippen LogP contribution in [0.1, 0.15) is 19.8 Å². The van der Waals surface area contributed by atoms with Crippen molar-refractivity contribution in [3.05, 3.63) is 0 Å². The summed E-state index contributed by atoms with van der Waals surface area (Å²) in [7, 11) is 0.